The number of thioether (sulfide) groups is 1. The molecule has 1 aliphatic carbocycles. The SMILES string of the molecule is CC1CCc2sc(-c3nnc(SCC(=O)NC(C)c4ccc5c(c4)OCCO5)o3)cc2C1. The molecule has 5 rings (SSSR count). The number of ether oxygens (including phenoxy) is 2. The molecular weight excluding hydrogens is 446 g/mol. The summed E-state index contributed by atoms with van der Waals surface area (Å²) in [5, 5.41) is 11.7. The summed E-state index contributed by atoms with van der Waals surface area (Å²) < 4.78 is 17.0. The molecule has 2 unspecified atom stereocenters. The number of aromatic nitrogens is 2. The molecule has 0 bridgehead atoms. The summed E-state index contributed by atoms with van der Waals surface area (Å²) in [4.78, 5) is 14.9. The number of nitrogens with zero attached hydrogens (tertiary/aromatic N) is 2. The van der Waals surface area contributed by atoms with Gasteiger partial charge in [-0.05, 0) is 61.4 Å². The van der Waals surface area contributed by atoms with E-state index in [2.05, 4.69) is 28.5 Å². The summed E-state index contributed by atoms with van der Waals surface area (Å²) in [6.45, 7) is 5.33. The monoisotopic (exact) mass is 471 g/mol. The predicted octanol–water partition coefficient (Wildman–Crippen LogP) is 4.66. The van der Waals surface area contributed by atoms with Crippen LogP contribution in [0.2, 0.25) is 0 Å². The van der Waals surface area contributed by atoms with Gasteiger partial charge in [-0.3, -0.25) is 4.79 Å². The molecule has 1 aromatic carbocycles. The summed E-state index contributed by atoms with van der Waals surface area (Å²) in [5.74, 6) is 2.81. The molecule has 0 saturated heterocycles. The zero-order chi connectivity index (χ0) is 22.1. The van der Waals surface area contributed by atoms with Gasteiger partial charge in [0.1, 0.15) is 13.2 Å². The molecule has 168 valence electrons. The average Bonchev–Trinajstić information content (AvgIpc) is 3.44. The van der Waals surface area contributed by atoms with Crippen molar-refractivity contribution in [1.82, 2.24) is 15.5 Å². The molecule has 1 amide bonds. The van der Waals surface area contributed by atoms with Gasteiger partial charge >= 0.3 is 0 Å². The van der Waals surface area contributed by atoms with E-state index in [9.17, 15) is 4.79 Å². The number of fused-ring (bicyclic) bond motifs is 2. The van der Waals surface area contributed by atoms with E-state index in [1.807, 2.05) is 25.1 Å². The van der Waals surface area contributed by atoms with Gasteiger partial charge < -0.3 is 19.2 Å². The van der Waals surface area contributed by atoms with Crippen LogP contribution in [0.25, 0.3) is 10.8 Å². The van der Waals surface area contributed by atoms with E-state index in [-0.39, 0.29) is 17.7 Å². The second-order valence-electron chi connectivity index (χ2n) is 8.26. The maximum absolute atomic E-state index is 12.5. The van der Waals surface area contributed by atoms with Crippen LogP contribution < -0.4 is 14.8 Å². The largest absolute Gasteiger partial charge is 0.486 e. The van der Waals surface area contributed by atoms with Crippen molar-refractivity contribution >= 4 is 29.0 Å². The van der Waals surface area contributed by atoms with E-state index >= 15 is 0 Å². The molecule has 1 N–H and O–H groups in total. The van der Waals surface area contributed by atoms with Crippen LogP contribution in [-0.4, -0.2) is 35.1 Å². The van der Waals surface area contributed by atoms with Crippen LogP contribution in [0.3, 0.4) is 0 Å². The average molecular weight is 472 g/mol. The van der Waals surface area contributed by atoms with Crippen molar-refractivity contribution in [3.8, 4) is 22.3 Å². The van der Waals surface area contributed by atoms with E-state index in [0.29, 0.717) is 30.1 Å². The summed E-state index contributed by atoms with van der Waals surface area (Å²) >= 11 is 2.99. The van der Waals surface area contributed by atoms with E-state index < -0.39 is 0 Å². The Balaban J connectivity index is 1.16. The number of carbonyl (C=O) groups excluding carboxylic acids is 1. The van der Waals surface area contributed by atoms with Crippen molar-refractivity contribution in [3.63, 3.8) is 0 Å². The first-order chi connectivity index (χ1) is 15.5. The maximum Gasteiger partial charge on any atom is 0.277 e. The third kappa shape index (κ3) is 4.63. The molecule has 0 fully saturated rings. The second-order valence-corrected chi connectivity index (χ2v) is 10.3. The van der Waals surface area contributed by atoms with Crippen LogP contribution in [-0.2, 0) is 17.6 Å². The van der Waals surface area contributed by atoms with Gasteiger partial charge in [0.2, 0.25) is 5.91 Å². The first-order valence-electron chi connectivity index (χ1n) is 10.8. The Bertz CT molecular complexity index is 1130. The van der Waals surface area contributed by atoms with Crippen molar-refractivity contribution in [3.05, 3.63) is 40.3 Å². The van der Waals surface area contributed by atoms with E-state index in [1.165, 1.54) is 28.6 Å². The molecular formula is C23H25N3O4S2. The molecule has 9 heteroatoms. The quantitative estimate of drug-likeness (QED) is 0.523. The van der Waals surface area contributed by atoms with Crippen LogP contribution in [0.1, 0.15) is 42.3 Å². The lowest BCUT2D eigenvalue weighted by atomic mass is 9.90. The Morgan fingerprint density at radius 3 is 2.97 bits per heavy atom. The smallest absolute Gasteiger partial charge is 0.277 e. The highest BCUT2D eigenvalue weighted by Crippen LogP contribution is 2.37. The Hall–Kier alpha value is -2.52. The second kappa shape index (κ2) is 9.15. The predicted molar refractivity (Wildman–Crippen MR) is 124 cm³/mol. The lowest BCUT2D eigenvalue weighted by Crippen LogP contribution is -2.28. The fourth-order valence-electron chi connectivity index (χ4n) is 4.00. The minimum atomic E-state index is -0.156. The van der Waals surface area contributed by atoms with Gasteiger partial charge in [0.25, 0.3) is 11.1 Å². The van der Waals surface area contributed by atoms with Crippen LogP contribution >= 0.6 is 23.1 Å². The minimum absolute atomic E-state index is 0.0993. The highest BCUT2D eigenvalue weighted by atomic mass is 32.2. The van der Waals surface area contributed by atoms with Crippen molar-refractivity contribution in [2.75, 3.05) is 19.0 Å². The third-order valence-electron chi connectivity index (χ3n) is 5.72. The van der Waals surface area contributed by atoms with Gasteiger partial charge in [-0.2, -0.15) is 0 Å². The van der Waals surface area contributed by atoms with Gasteiger partial charge in [0, 0.05) is 4.88 Å². The Morgan fingerprint density at radius 1 is 1.25 bits per heavy atom. The molecule has 2 aromatic heterocycles. The summed E-state index contributed by atoms with van der Waals surface area (Å²) in [7, 11) is 0. The molecule has 2 atom stereocenters. The van der Waals surface area contributed by atoms with E-state index in [1.54, 1.807) is 11.3 Å². The molecule has 0 saturated carbocycles. The Labute approximate surface area is 194 Å². The molecule has 3 heterocycles. The summed E-state index contributed by atoms with van der Waals surface area (Å²) in [6, 6.07) is 7.76. The van der Waals surface area contributed by atoms with Crippen molar-refractivity contribution in [2.24, 2.45) is 5.92 Å². The van der Waals surface area contributed by atoms with Crippen molar-refractivity contribution < 1.29 is 18.7 Å². The highest BCUT2D eigenvalue weighted by Gasteiger charge is 2.21. The summed E-state index contributed by atoms with van der Waals surface area (Å²) in [5.41, 5.74) is 2.37. The normalized spacial score (nSPS) is 18.1. The number of aryl methyl sites for hydroxylation is 1. The van der Waals surface area contributed by atoms with Crippen LogP contribution in [0.4, 0.5) is 0 Å². The molecule has 0 spiro atoms. The summed E-state index contributed by atoms with van der Waals surface area (Å²) in [6.07, 6.45) is 3.47. The molecule has 1 aliphatic heterocycles. The highest BCUT2D eigenvalue weighted by molar-refractivity contribution is 7.99. The number of carbonyl (C=O) groups is 1. The van der Waals surface area contributed by atoms with Crippen LogP contribution in [0.5, 0.6) is 11.5 Å². The fourth-order valence-corrected chi connectivity index (χ4v) is 5.71. The maximum atomic E-state index is 12.5. The molecule has 3 aromatic rings. The minimum Gasteiger partial charge on any atom is -0.486 e. The molecule has 2 aliphatic rings. The number of nitrogens with one attached hydrogen (secondary N) is 1. The number of rotatable bonds is 6. The fraction of sp³-hybridized carbons (Fsp3) is 0.435. The van der Waals surface area contributed by atoms with E-state index in [4.69, 9.17) is 13.9 Å². The first-order valence-corrected chi connectivity index (χ1v) is 12.6. The molecule has 0 radical (unpaired) electrons. The van der Waals surface area contributed by atoms with Gasteiger partial charge in [0.05, 0.1) is 16.7 Å². The van der Waals surface area contributed by atoms with Crippen LogP contribution in [0.15, 0.2) is 33.9 Å². The number of benzene rings is 1. The third-order valence-corrected chi connectivity index (χ3v) is 7.76. The lowest BCUT2D eigenvalue weighted by molar-refractivity contribution is -0.119. The van der Waals surface area contributed by atoms with Gasteiger partial charge in [-0.1, -0.05) is 24.8 Å². The van der Waals surface area contributed by atoms with Gasteiger partial charge in [0.15, 0.2) is 11.5 Å². The number of hydrogen-bond acceptors (Lipinski definition) is 8. The Kier molecular flexibility index (Phi) is 6.10. The van der Waals surface area contributed by atoms with Crippen LogP contribution in [0, 0.1) is 5.92 Å². The van der Waals surface area contributed by atoms with Crippen molar-refractivity contribution in [2.45, 2.75) is 44.4 Å². The molecule has 7 nitrogen and oxygen atoms in total. The number of hydrogen-bond donors (Lipinski definition) is 1. The first kappa shape index (κ1) is 21.3. The lowest BCUT2D eigenvalue weighted by Gasteiger charge is -2.21. The topological polar surface area (TPSA) is 86.5 Å². The van der Waals surface area contributed by atoms with Crippen molar-refractivity contribution in [1.29, 1.82) is 0 Å². The van der Waals surface area contributed by atoms with E-state index in [0.717, 1.165) is 34.9 Å². The van der Waals surface area contributed by atoms with Gasteiger partial charge in [-0.25, -0.2) is 0 Å². The Morgan fingerprint density at radius 2 is 2.09 bits per heavy atom. The number of thiophene rings is 1. The zero-order valence-corrected chi connectivity index (χ0v) is 19.7. The molecule has 32 heavy (non-hydrogen) atoms. The standard InChI is InChI=1S/C23H25N3O4S2/c1-13-3-6-19-16(9-13)11-20(32-19)22-25-26-23(30-22)31-12-21(27)24-14(2)15-4-5-17-18(10-15)29-8-7-28-17/h4-5,10-11,13-14H,3,6-9,12H2,1-2H3,(H,24,27). The zero-order valence-electron chi connectivity index (χ0n) is 18.1. The van der Waals surface area contributed by atoms with Gasteiger partial charge in [-0.15, -0.1) is 21.5 Å². The number of amides is 1.